The maximum Gasteiger partial charge on any atom is 0.311 e. The first-order valence-electron chi connectivity index (χ1n) is 16.5. The molecule has 1 fully saturated rings. The minimum absolute atomic E-state index is 0.309. The first-order valence-corrected chi connectivity index (χ1v) is 14.0. The monoisotopic (exact) mass is 497 g/mol. The summed E-state index contributed by atoms with van der Waals surface area (Å²) in [7, 11) is 0. The molecule has 1 aliphatic rings. The lowest BCUT2D eigenvalue weighted by atomic mass is 10.0. The summed E-state index contributed by atoms with van der Waals surface area (Å²) in [6, 6.07) is 4.47. The van der Waals surface area contributed by atoms with Crippen molar-refractivity contribution in [2.75, 3.05) is 13.5 Å². The van der Waals surface area contributed by atoms with Gasteiger partial charge < -0.3 is 14.6 Å². The molecule has 1 atom stereocenters. The molecule has 0 bridgehead atoms. The van der Waals surface area contributed by atoms with Crippen LogP contribution in [-0.2, 0) is 11.2 Å². The number of hydrogen-bond acceptors (Lipinski definition) is 3. The number of allylic oxidation sites excluding steroid dienone is 4. The van der Waals surface area contributed by atoms with Crippen molar-refractivity contribution in [3.63, 3.8) is 0 Å². The Balaban J connectivity index is 1.43. The highest BCUT2D eigenvalue weighted by molar-refractivity contribution is 5.91. The van der Waals surface area contributed by atoms with Crippen molar-refractivity contribution < 1.29 is 16.4 Å². The molecule has 0 spiro atoms. The predicted octanol–water partition coefficient (Wildman–Crippen LogP) is 8.52. The molecule has 0 aliphatic carbocycles. The van der Waals surface area contributed by atoms with Crippen molar-refractivity contribution in [2.45, 2.75) is 109 Å². The third kappa shape index (κ3) is 9.61. The fourth-order valence-electron chi connectivity index (χ4n) is 4.70. The quantitative estimate of drug-likeness (QED) is 0.103. The normalized spacial score (nSPS) is 19.5. The highest BCUT2D eigenvalue weighted by atomic mass is 16.5. The molecule has 4 heteroatoms. The molecular formula is C32H48N2O2. The molecule has 0 unspecified atom stereocenters. The number of ether oxygens (including phenoxy) is 1. The number of H-pyrrole nitrogens is 1. The molecule has 3 rings (SSSR count). The second kappa shape index (κ2) is 16.4. The number of rotatable bonds is 17. The second-order valence-electron chi connectivity index (χ2n) is 9.83. The number of aromatic amines is 1. The molecule has 1 aromatic carbocycles. The maximum absolute atomic E-state index is 12.7. The van der Waals surface area contributed by atoms with Crippen LogP contribution in [0.15, 0.2) is 48.7 Å². The van der Waals surface area contributed by atoms with Crippen LogP contribution in [-0.4, -0.2) is 35.4 Å². The number of likely N-dealkylation sites (tertiary alicyclic amines) is 1. The summed E-state index contributed by atoms with van der Waals surface area (Å²) >= 11 is 0. The van der Waals surface area contributed by atoms with E-state index in [1.807, 2.05) is 6.07 Å². The van der Waals surface area contributed by atoms with Crippen LogP contribution >= 0.6 is 0 Å². The first-order chi connectivity index (χ1) is 19.7. The van der Waals surface area contributed by atoms with E-state index < -0.39 is 19.4 Å². The topological polar surface area (TPSA) is 45.3 Å². The van der Waals surface area contributed by atoms with Gasteiger partial charge in [0.1, 0.15) is 5.75 Å². The minimum atomic E-state index is -2.36. The summed E-state index contributed by atoms with van der Waals surface area (Å²) in [5, 5.41) is 0.503. The van der Waals surface area contributed by atoms with Crippen molar-refractivity contribution >= 4 is 16.9 Å². The summed E-state index contributed by atoms with van der Waals surface area (Å²) in [5.41, 5.74) is 0.985. The number of hydrogen-bond donors (Lipinski definition) is 1. The zero-order valence-corrected chi connectivity index (χ0v) is 22.1. The number of likely N-dealkylation sites (N-methyl/N-ethyl adjacent to an activating group) is 1. The molecule has 1 aliphatic heterocycles. The molecule has 0 radical (unpaired) electrons. The van der Waals surface area contributed by atoms with Gasteiger partial charge in [0.15, 0.2) is 0 Å². The molecule has 1 aromatic heterocycles. The van der Waals surface area contributed by atoms with Crippen molar-refractivity contribution in [2.24, 2.45) is 0 Å². The Morgan fingerprint density at radius 1 is 1.11 bits per heavy atom. The van der Waals surface area contributed by atoms with Gasteiger partial charge in [-0.05, 0) is 89.0 Å². The number of benzene rings is 1. The average molecular weight is 498 g/mol. The lowest BCUT2D eigenvalue weighted by Crippen LogP contribution is -2.26. The first kappa shape index (κ1) is 21.7. The molecule has 2 heterocycles. The van der Waals surface area contributed by atoms with E-state index in [2.05, 4.69) is 36.2 Å². The van der Waals surface area contributed by atoms with Gasteiger partial charge in [-0.25, -0.2) is 0 Å². The molecule has 2 aromatic rings. The minimum Gasteiger partial charge on any atom is -0.426 e. The van der Waals surface area contributed by atoms with E-state index in [9.17, 15) is 4.79 Å². The molecule has 198 valence electrons. The number of fused-ring (bicyclic) bond motifs is 1. The Morgan fingerprint density at radius 2 is 1.89 bits per heavy atom. The maximum atomic E-state index is 12.7. The number of esters is 1. The van der Waals surface area contributed by atoms with Gasteiger partial charge in [-0.1, -0.05) is 69.4 Å². The van der Waals surface area contributed by atoms with Gasteiger partial charge in [0.05, 0.1) is 0 Å². The molecule has 1 saturated heterocycles. The highest BCUT2D eigenvalue weighted by Crippen LogP contribution is 2.32. The van der Waals surface area contributed by atoms with Gasteiger partial charge in [0, 0.05) is 36.4 Å². The third-order valence-corrected chi connectivity index (χ3v) is 6.80. The zero-order chi connectivity index (χ0) is 29.7. The summed E-state index contributed by atoms with van der Waals surface area (Å²) in [6.45, 7) is 0.195. The van der Waals surface area contributed by atoms with Gasteiger partial charge in [-0.15, -0.1) is 0 Å². The highest BCUT2D eigenvalue weighted by Gasteiger charge is 2.23. The van der Waals surface area contributed by atoms with Gasteiger partial charge in [-0.3, -0.25) is 4.79 Å². The van der Waals surface area contributed by atoms with Crippen molar-refractivity contribution in [3.8, 4) is 5.75 Å². The number of unbranched alkanes of at least 4 members (excludes halogenated alkanes) is 8. The van der Waals surface area contributed by atoms with Crippen LogP contribution in [0.1, 0.15) is 109 Å². The largest absolute Gasteiger partial charge is 0.426 e. The number of nitrogens with zero attached hydrogens (tertiary/aromatic N) is 1. The summed E-state index contributed by atoms with van der Waals surface area (Å²) < 4.78 is 47.2. The second-order valence-corrected chi connectivity index (χ2v) is 9.83. The van der Waals surface area contributed by atoms with Gasteiger partial charge in [0.2, 0.25) is 0 Å². The summed E-state index contributed by atoms with van der Waals surface area (Å²) in [4.78, 5) is 17.1. The SMILES string of the molecule is [2H]C([2H])(c1c[nH]c2cccc(OC(=O)CCCCCCC/C=C\C/C=C\CCCCC)c12)[C@H]1CCCN1C([2H])([2H])[2H]. The van der Waals surface area contributed by atoms with E-state index in [-0.39, 0.29) is 5.97 Å². The van der Waals surface area contributed by atoms with Crippen LogP contribution < -0.4 is 4.74 Å². The molecule has 36 heavy (non-hydrogen) atoms. The van der Waals surface area contributed by atoms with Crippen LogP contribution in [0.25, 0.3) is 10.9 Å². The third-order valence-electron chi connectivity index (χ3n) is 6.80. The number of carbonyl (C=O) groups is 1. The Kier molecular flexibility index (Phi) is 9.91. The number of nitrogens with one attached hydrogen (secondary N) is 1. The fourth-order valence-corrected chi connectivity index (χ4v) is 4.70. The van der Waals surface area contributed by atoms with Crippen LogP contribution in [0.4, 0.5) is 0 Å². The number of aromatic nitrogens is 1. The van der Waals surface area contributed by atoms with Gasteiger partial charge in [-0.2, -0.15) is 0 Å². The van der Waals surface area contributed by atoms with E-state index in [0.717, 1.165) is 44.9 Å². The van der Waals surface area contributed by atoms with E-state index in [4.69, 9.17) is 11.6 Å². The fraction of sp³-hybridized carbons (Fsp3) is 0.594. The average Bonchev–Trinajstić information content (AvgIpc) is 3.60. The Morgan fingerprint density at radius 3 is 2.69 bits per heavy atom. The van der Waals surface area contributed by atoms with Crippen molar-refractivity contribution in [1.29, 1.82) is 0 Å². The van der Waals surface area contributed by atoms with Crippen molar-refractivity contribution in [3.05, 3.63) is 54.3 Å². The predicted molar refractivity (Wildman–Crippen MR) is 153 cm³/mol. The Hall–Kier alpha value is -2.33. The van der Waals surface area contributed by atoms with E-state index >= 15 is 0 Å². The Bertz CT molecular complexity index is 1140. The molecule has 1 N–H and O–H groups in total. The van der Waals surface area contributed by atoms with Gasteiger partial charge in [0.25, 0.3) is 0 Å². The summed E-state index contributed by atoms with van der Waals surface area (Å²) in [5.74, 6) is -0.0190. The molecule has 0 saturated carbocycles. The van der Waals surface area contributed by atoms with E-state index in [0.29, 0.717) is 48.0 Å². The zero-order valence-electron chi connectivity index (χ0n) is 27.1. The lowest BCUT2D eigenvalue weighted by Gasteiger charge is -2.19. The van der Waals surface area contributed by atoms with E-state index in [1.54, 1.807) is 18.3 Å². The summed E-state index contributed by atoms with van der Waals surface area (Å²) in [6.07, 6.45) is 22.3. The molecule has 0 amide bonds. The standard InChI is InChI=1S/C32H48N2O2/c1-3-4-5-6-7-8-9-10-11-12-13-14-15-16-17-23-31(35)36-30-22-18-21-29-32(30)27(26-33-29)25-28-20-19-24-34(28)2/h7-8,10-11,18,21-22,26,28,33H,3-6,9,12-17,19-20,23-25H2,1-2H3/b8-7-,11-10-/t28-/m1/s1/i2D3,25D2. The lowest BCUT2D eigenvalue weighted by molar-refractivity contribution is -0.134. The van der Waals surface area contributed by atoms with Crippen molar-refractivity contribution in [1.82, 2.24) is 9.88 Å². The van der Waals surface area contributed by atoms with Crippen LogP contribution in [0.5, 0.6) is 5.75 Å². The number of carbonyl (C=O) groups excluding carboxylic acids is 1. The van der Waals surface area contributed by atoms with Crippen LogP contribution in [0.3, 0.4) is 0 Å². The Labute approximate surface area is 226 Å². The smallest absolute Gasteiger partial charge is 0.311 e. The van der Waals surface area contributed by atoms with Crippen LogP contribution in [0, 0.1) is 0 Å². The molecular weight excluding hydrogens is 444 g/mol. The van der Waals surface area contributed by atoms with E-state index in [1.165, 1.54) is 30.6 Å². The van der Waals surface area contributed by atoms with Crippen LogP contribution in [0.2, 0.25) is 0 Å². The van der Waals surface area contributed by atoms with Gasteiger partial charge >= 0.3 is 5.97 Å². The molecule has 4 nitrogen and oxygen atoms in total.